The van der Waals surface area contributed by atoms with Crippen LogP contribution < -0.4 is 11.1 Å². The van der Waals surface area contributed by atoms with Crippen molar-refractivity contribution >= 4 is 22.4 Å². The van der Waals surface area contributed by atoms with E-state index in [0.717, 1.165) is 46.1 Å². The molecule has 5 rings (SSSR count). The summed E-state index contributed by atoms with van der Waals surface area (Å²) in [7, 11) is 4.11. The molecule has 0 radical (unpaired) electrons. The third-order valence-corrected chi connectivity index (χ3v) is 6.57. The number of benzene rings is 1. The molecular formula is C26H30N6. The minimum absolute atomic E-state index is 0.478. The molecule has 2 atom stereocenters. The summed E-state index contributed by atoms with van der Waals surface area (Å²) in [5.41, 5.74) is 9.12. The maximum atomic E-state index is 5.92. The quantitative estimate of drug-likeness (QED) is 0.628. The van der Waals surface area contributed by atoms with Crippen LogP contribution in [0, 0.1) is 23.7 Å². The fourth-order valence-electron chi connectivity index (χ4n) is 5.32. The second-order valence-corrected chi connectivity index (χ2v) is 9.26. The Balaban J connectivity index is 1.31. The van der Waals surface area contributed by atoms with Gasteiger partial charge in [0.25, 0.3) is 0 Å². The number of rotatable bonds is 3. The van der Waals surface area contributed by atoms with Crippen molar-refractivity contribution < 1.29 is 0 Å². The molecule has 4 heterocycles. The van der Waals surface area contributed by atoms with Crippen molar-refractivity contribution in [2.45, 2.75) is 13.0 Å². The summed E-state index contributed by atoms with van der Waals surface area (Å²) >= 11 is 0. The highest BCUT2D eigenvalue weighted by molar-refractivity contribution is 5.96. The Morgan fingerprint density at radius 3 is 2.47 bits per heavy atom. The van der Waals surface area contributed by atoms with Crippen molar-refractivity contribution in [1.82, 2.24) is 19.8 Å². The fourth-order valence-corrected chi connectivity index (χ4v) is 5.32. The van der Waals surface area contributed by atoms with Crippen molar-refractivity contribution in [3.8, 4) is 11.8 Å². The van der Waals surface area contributed by atoms with Crippen LogP contribution in [0.15, 0.2) is 42.7 Å². The van der Waals surface area contributed by atoms with E-state index in [1.165, 1.54) is 38.2 Å². The van der Waals surface area contributed by atoms with Gasteiger partial charge in [-0.2, -0.15) is 0 Å². The zero-order valence-electron chi connectivity index (χ0n) is 18.8. The Kier molecular flexibility index (Phi) is 5.69. The van der Waals surface area contributed by atoms with Crippen molar-refractivity contribution in [1.29, 1.82) is 0 Å². The number of nitrogen functional groups attached to an aromatic ring is 1. The molecule has 2 aliphatic heterocycles. The zero-order valence-corrected chi connectivity index (χ0v) is 18.8. The van der Waals surface area contributed by atoms with Gasteiger partial charge >= 0.3 is 0 Å². The average molecular weight is 427 g/mol. The van der Waals surface area contributed by atoms with Crippen LogP contribution >= 0.6 is 0 Å². The highest BCUT2D eigenvalue weighted by Crippen LogP contribution is 2.29. The number of nitrogens with zero attached hydrogens (tertiary/aromatic N) is 4. The standard InChI is InChI=1S/C26H30N6/c1-28-26-24-12-29-25(27)10-23(24)22(11-30-26)8-7-18-3-5-19(6-4-18)15-32-16-20-9-21(17-32)14-31(2)13-20/h3-6,10-12,20-21H,9,13-17H2,1-2H3,(H2,27,29)(H,28,30). The molecule has 2 fully saturated rings. The first-order chi connectivity index (χ1) is 15.6. The van der Waals surface area contributed by atoms with Gasteiger partial charge in [-0.15, -0.1) is 0 Å². The number of nitrogens with two attached hydrogens (primary N) is 1. The first kappa shape index (κ1) is 20.7. The summed E-state index contributed by atoms with van der Waals surface area (Å²) in [6.07, 6.45) is 4.94. The van der Waals surface area contributed by atoms with Crippen LogP contribution in [0.1, 0.15) is 23.1 Å². The lowest BCUT2D eigenvalue weighted by Crippen LogP contribution is -2.51. The Bertz CT molecular complexity index is 1160. The summed E-state index contributed by atoms with van der Waals surface area (Å²) in [6.45, 7) is 5.92. The molecule has 2 saturated heterocycles. The highest BCUT2D eigenvalue weighted by atomic mass is 15.2. The van der Waals surface area contributed by atoms with E-state index in [-0.39, 0.29) is 0 Å². The summed E-state index contributed by atoms with van der Waals surface area (Å²) in [5, 5.41) is 4.98. The summed E-state index contributed by atoms with van der Waals surface area (Å²) in [6, 6.07) is 10.5. The van der Waals surface area contributed by atoms with Crippen molar-refractivity contribution in [3.05, 3.63) is 59.4 Å². The van der Waals surface area contributed by atoms with Gasteiger partial charge in [0.15, 0.2) is 0 Å². The minimum atomic E-state index is 0.478. The van der Waals surface area contributed by atoms with E-state index in [2.05, 4.69) is 68.2 Å². The Morgan fingerprint density at radius 2 is 1.75 bits per heavy atom. The van der Waals surface area contributed by atoms with Gasteiger partial charge in [-0.25, -0.2) is 9.97 Å². The van der Waals surface area contributed by atoms with Crippen molar-refractivity contribution in [2.75, 3.05) is 51.3 Å². The molecule has 164 valence electrons. The van der Waals surface area contributed by atoms with Crippen LogP contribution in [0.4, 0.5) is 11.6 Å². The van der Waals surface area contributed by atoms with Crippen LogP contribution in [0.25, 0.3) is 10.8 Å². The van der Waals surface area contributed by atoms with Gasteiger partial charge in [0.05, 0.1) is 5.56 Å². The number of pyridine rings is 2. The van der Waals surface area contributed by atoms with Crippen molar-refractivity contribution in [2.24, 2.45) is 11.8 Å². The maximum Gasteiger partial charge on any atom is 0.135 e. The zero-order chi connectivity index (χ0) is 22.1. The van der Waals surface area contributed by atoms with E-state index >= 15 is 0 Å². The van der Waals surface area contributed by atoms with E-state index in [9.17, 15) is 0 Å². The molecule has 32 heavy (non-hydrogen) atoms. The van der Waals surface area contributed by atoms with Gasteiger partial charge in [0.1, 0.15) is 11.6 Å². The minimum Gasteiger partial charge on any atom is -0.384 e. The number of aromatic nitrogens is 2. The van der Waals surface area contributed by atoms with E-state index in [1.54, 1.807) is 12.4 Å². The third kappa shape index (κ3) is 4.40. The number of likely N-dealkylation sites (tertiary alicyclic amines) is 2. The predicted molar refractivity (Wildman–Crippen MR) is 130 cm³/mol. The molecule has 0 spiro atoms. The Labute approximate surface area is 189 Å². The summed E-state index contributed by atoms with van der Waals surface area (Å²) in [4.78, 5) is 13.8. The monoisotopic (exact) mass is 426 g/mol. The molecule has 0 saturated carbocycles. The van der Waals surface area contributed by atoms with Crippen LogP contribution in [-0.4, -0.2) is 60.0 Å². The third-order valence-electron chi connectivity index (χ3n) is 6.57. The molecule has 2 bridgehead atoms. The number of hydrogen-bond acceptors (Lipinski definition) is 6. The van der Waals surface area contributed by atoms with E-state index in [4.69, 9.17) is 5.73 Å². The molecule has 3 N–H and O–H groups in total. The molecule has 3 aromatic rings. The summed E-state index contributed by atoms with van der Waals surface area (Å²) in [5.74, 6) is 9.45. The molecule has 2 aliphatic rings. The van der Waals surface area contributed by atoms with Gasteiger partial charge in [-0.3, -0.25) is 4.90 Å². The first-order valence-electron chi connectivity index (χ1n) is 11.3. The molecule has 2 unspecified atom stereocenters. The Hall–Kier alpha value is -3.14. The van der Waals surface area contributed by atoms with Gasteiger partial charge in [0, 0.05) is 68.5 Å². The number of nitrogens with one attached hydrogen (secondary N) is 1. The highest BCUT2D eigenvalue weighted by Gasteiger charge is 2.32. The van der Waals surface area contributed by atoms with E-state index in [0.29, 0.717) is 5.82 Å². The topological polar surface area (TPSA) is 70.3 Å². The lowest BCUT2D eigenvalue weighted by Gasteiger charge is -2.44. The predicted octanol–water partition coefficient (Wildman–Crippen LogP) is 3.04. The normalized spacial score (nSPS) is 21.2. The van der Waals surface area contributed by atoms with Crippen LogP contribution in [0.3, 0.4) is 0 Å². The van der Waals surface area contributed by atoms with Gasteiger partial charge in [0.2, 0.25) is 0 Å². The van der Waals surface area contributed by atoms with Gasteiger partial charge in [-0.05, 0) is 49.1 Å². The SMILES string of the molecule is CNc1ncc(C#Cc2ccc(CN3CC4CC(CN(C)C4)C3)cc2)c2cc(N)ncc12. The second kappa shape index (κ2) is 8.78. The van der Waals surface area contributed by atoms with Gasteiger partial charge in [-0.1, -0.05) is 24.0 Å². The lowest BCUT2D eigenvalue weighted by atomic mass is 9.85. The van der Waals surface area contributed by atoms with Crippen LogP contribution in [0.2, 0.25) is 0 Å². The second-order valence-electron chi connectivity index (χ2n) is 9.26. The van der Waals surface area contributed by atoms with E-state index in [1.807, 2.05) is 13.1 Å². The number of anilines is 2. The molecular weight excluding hydrogens is 396 g/mol. The van der Waals surface area contributed by atoms with Gasteiger partial charge < -0.3 is 16.0 Å². The smallest absolute Gasteiger partial charge is 0.135 e. The fraction of sp³-hybridized carbons (Fsp3) is 0.385. The molecule has 2 aromatic heterocycles. The maximum absolute atomic E-state index is 5.92. The number of fused-ring (bicyclic) bond motifs is 3. The average Bonchev–Trinajstić information content (AvgIpc) is 2.77. The molecule has 6 heteroatoms. The largest absolute Gasteiger partial charge is 0.384 e. The van der Waals surface area contributed by atoms with Crippen LogP contribution in [-0.2, 0) is 6.54 Å². The molecule has 6 nitrogen and oxygen atoms in total. The van der Waals surface area contributed by atoms with Crippen molar-refractivity contribution in [3.63, 3.8) is 0 Å². The summed E-state index contributed by atoms with van der Waals surface area (Å²) < 4.78 is 0. The molecule has 1 aromatic carbocycles. The Morgan fingerprint density at radius 1 is 1.00 bits per heavy atom. The number of piperidine rings is 2. The van der Waals surface area contributed by atoms with E-state index < -0.39 is 0 Å². The lowest BCUT2D eigenvalue weighted by molar-refractivity contribution is 0.0392. The van der Waals surface area contributed by atoms with Crippen LogP contribution in [0.5, 0.6) is 0 Å². The first-order valence-corrected chi connectivity index (χ1v) is 11.3. The molecule has 0 aliphatic carbocycles. The number of hydrogen-bond donors (Lipinski definition) is 2. The molecule has 0 amide bonds.